The number of hydrogen-bond donors (Lipinski definition) is 3. The maximum absolute atomic E-state index is 14.0. The Morgan fingerprint density at radius 2 is 1.40 bits per heavy atom. The molecule has 3 aromatic carbocycles. The molecule has 1 heterocycles. The third-order valence-electron chi connectivity index (χ3n) is 8.65. The molecule has 4 amide bonds. The Labute approximate surface area is 278 Å². The van der Waals surface area contributed by atoms with Crippen LogP contribution in [0.15, 0.2) is 103 Å². The van der Waals surface area contributed by atoms with Crippen LogP contribution in [-0.2, 0) is 25.6 Å². The standard InChI is InChI=1S/C38H47N5O4/c1-4-5-21-33(41-36(45)28(2)39-3)37(46)40-27-35(44)43-25-24-42(38(47)34(43)26-29-15-9-6-10-16-29)23-22-32(30-17-11-7-12-18-30)31-19-13-8-14-20-31/h6-20,24-25,28,32-34,39H,4-5,21-23,26-27H2,1-3H3,(H,40,46)(H,41,45)/t28-,33-,34-/m0/s1. The van der Waals surface area contributed by atoms with E-state index in [4.69, 9.17) is 0 Å². The molecule has 1 aliphatic rings. The highest BCUT2D eigenvalue weighted by molar-refractivity contribution is 5.94. The van der Waals surface area contributed by atoms with Gasteiger partial charge in [-0.2, -0.15) is 0 Å². The number of benzene rings is 3. The molecule has 0 fully saturated rings. The molecule has 0 unspecified atom stereocenters. The van der Waals surface area contributed by atoms with Crippen molar-refractivity contribution in [2.45, 2.75) is 70.0 Å². The van der Waals surface area contributed by atoms with Crippen molar-refractivity contribution in [2.75, 3.05) is 20.1 Å². The SMILES string of the molecule is CCCC[C@H](NC(=O)[C@H](C)NC)C(=O)NCC(=O)N1C=CN(CCC(c2ccccc2)c2ccccc2)C(=O)[C@@H]1Cc1ccccc1. The highest BCUT2D eigenvalue weighted by Crippen LogP contribution is 2.29. The van der Waals surface area contributed by atoms with Crippen molar-refractivity contribution in [2.24, 2.45) is 0 Å². The second-order valence-electron chi connectivity index (χ2n) is 11.9. The van der Waals surface area contributed by atoms with Crippen molar-refractivity contribution in [3.05, 3.63) is 120 Å². The van der Waals surface area contributed by atoms with Gasteiger partial charge in [0.15, 0.2) is 0 Å². The molecule has 3 N–H and O–H groups in total. The normalized spacial score (nSPS) is 15.7. The van der Waals surface area contributed by atoms with Crippen molar-refractivity contribution >= 4 is 23.6 Å². The molecule has 0 radical (unpaired) electrons. The fourth-order valence-corrected chi connectivity index (χ4v) is 5.75. The van der Waals surface area contributed by atoms with Crippen LogP contribution in [0.1, 0.15) is 62.1 Å². The molecule has 47 heavy (non-hydrogen) atoms. The zero-order chi connectivity index (χ0) is 33.6. The molecule has 248 valence electrons. The average molecular weight is 638 g/mol. The van der Waals surface area contributed by atoms with Crippen LogP contribution in [0.4, 0.5) is 0 Å². The van der Waals surface area contributed by atoms with Crippen molar-refractivity contribution in [1.82, 2.24) is 25.8 Å². The van der Waals surface area contributed by atoms with Gasteiger partial charge in [0.1, 0.15) is 12.1 Å². The molecule has 0 bridgehead atoms. The Kier molecular flexibility index (Phi) is 13.3. The summed E-state index contributed by atoms with van der Waals surface area (Å²) in [7, 11) is 1.68. The van der Waals surface area contributed by atoms with Crippen LogP contribution in [0.5, 0.6) is 0 Å². The highest BCUT2D eigenvalue weighted by atomic mass is 16.2. The summed E-state index contributed by atoms with van der Waals surface area (Å²) in [5, 5.41) is 8.38. The second kappa shape index (κ2) is 17.8. The third kappa shape index (κ3) is 9.86. The van der Waals surface area contributed by atoms with Gasteiger partial charge in [0.05, 0.1) is 12.6 Å². The average Bonchev–Trinajstić information content (AvgIpc) is 3.11. The van der Waals surface area contributed by atoms with E-state index in [0.29, 0.717) is 25.8 Å². The monoisotopic (exact) mass is 637 g/mol. The molecule has 3 atom stereocenters. The first-order chi connectivity index (χ1) is 22.8. The minimum absolute atomic E-state index is 0.0956. The fraction of sp³-hybridized carbons (Fsp3) is 0.368. The van der Waals surface area contributed by atoms with E-state index in [-0.39, 0.29) is 24.3 Å². The van der Waals surface area contributed by atoms with E-state index in [1.165, 1.54) is 16.0 Å². The molecule has 0 saturated carbocycles. The molecule has 9 nitrogen and oxygen atoms in total. The van der Waals surface area contributed by atoms with E-state index in [1.807, 2.05) is 73.7 Å². The zero-order valence-electron chi connectivity index (χ0n) is 27.6. The number of carbonyl (C=O) groups is 4. The van der Waals surface area contributed by atoms with Crippen LogP contribution in [0.3, 0.4) is 0 Å². The first-order valence-corrected chi connectivity index (χ1v) is 16.5. The summed E-state index contributed by atoms with van der Waals surface area (Å²) in [6.07, 6.45) is 6.40. The van der Waals surface area contributed by atoms with Crippen molar-refractivity contribution in [3.8, 4) is 0 Å². The summed E-state index contributed by atoms with van der Waals surface area (Å²) in [4.78, 5) is 56.4. The van der Waals surface area contributed by atoms with E-state index in [2.05, 4.69) is 40.2 Å². The van der Waals surface area contributed by atoms with Gasteiger partial charge in [-0.05, 0) is 43.5 Å². The summed E-state index contributed by atoms with van der Waals surface area (Å²) >= 11 is 0. The van der Waals surface area contributed by atoms with Gasteiger partial charge >= 0.3 is 0 Å². The van der Waals surface area contributed by atoms with E-state index in [9.17, 15) is 19.2 Å². The van der Waals surface area contributed by atoms with Gasteiger partial charge in [-0.25, -0.2) is 0 Å². The second-order valence-corrected chi connectivity index (χ2v) is 11.9. The van der Waals surface area contributed by atoms with Crippen LogP contribution in [0.25, 0.3) is 0 Å². The largest absolute Gasteiger partial charge is 0.345 e. The number of nitrogens with zero attached hydrogens (tertiary/aromatic N) is 2. The topological polar surface area (TPSA) is 111 Å². The van der Waals surface area contributed by atoms with Crippen LogP contribution in [0.2, 0.25) is 0 Å². The molecular weight excluding hydrogens is 590 g/mol. The Morgan fingerprint density at radius 3 is 1.98 bits per heavy atom. The quantitative estimate of drug-likeness (QED) is 0.216. The number of likely N-dealkylation sites (N-methyl/N-ethyl adjacent to an activating group) is 1. The summed E-state index contributed by atoms with van der Waals surface area (Å²) in [5.74, 6) is -1.20. The third-order valence-corrected chi connectivity index (χ3v) is 8.65. The predicted octanol–water partition coefficient (Wildman–Crippen LogP) is 4.36. The van der Waals surface area contributed by atoms with E-state index in [0.717, 1.165) is 18.4 Å². The number of carbonyl (C=O) groups excluding carboxylic acids is 4. The lowest BCUT2D eigenvalue weighted by molar-refractivity contribution is -0.143. The van der Waals surface area contributed by atoms with Gasteiger partial charge in [0.25, 0.3) is 0 Å². The van der Waals surface area contributed by atoms with Crippen LogP contribution < -0.4 is 16.0 Å². The number of hydrogen-bond acceptors (Lipinski definition) is 5. The summed E-state index contributed by atoms with van der Waals surface area (Å²) < 4.78 is 0. The maximum Gasteiger partial charge on any atom is 0.250 e. The van der Waals surface area contributed by atoms with Gasteiger partial charge < -0.3 is 25.8 Å². The molecular formula is C38H47N5O4. The lowest BCUT2D eigenvalue weighted by Gasteiger charge is -2.36. The summed E-state index contributed by atoms with van der Waals surface area (Å²) in [5.41, 5.74) is 3.28. The van der Waals surface area contributed by atoms with Crippen molar-refractivity contribution in [3.63, 3.8) is 0 Å². The zero-order valence-corrected chi connectivity index (χ0v) is 27.6. The molecule has 0 aliphatic carbocycles. The van der Waals surface area contributed by atoms with Crippen LogP contribution in [-0.4, -0.2) is 71.7 Å². The Bertz CT molecular complexity index is 1440. The smallest absolute Gasteiger partial charge is 0.250 e. The van der Waals surface area contributed by atoms with E-state index < -0.39 is 29.9 Å². The predicted molar refractivity (Wildman–Crippen MR) is 184 cm³/mol. The van der Waals surface area contributed by atoms with Crippen molar-refractivity contribution < 1.29 is 19.2 Å². The van der Waals surface area contributed by atoms with Gasteiger partial charge in [-0.15, -0.1) is 0 Å². The minimum Gasteiger partial charge on any atom is -0.345 e. The molecule has 3 aromatic rings. The Hall–Kier alpha value is -4.76. The minimum atomic E-state index is -0.772. The lowest BCUT2D eigenvalue weighted by atomic mass is 9.88. The Morgan fingerprint density at radius 1 is 0.809 bits per heavy atom. The highest BCUT2D eigenvalue weighted by Gasteiger charge is 2.35. The van der Waals surface area contributed by atoms with Crippen LogP contribution >= 0.6 is 0 Å². The number of unbranched alkanes of at least 4 members (excludes halogenated alkanes) is 1. The Balaban J connectivity index is 1.49. The van der Waals surface area contributed by atoms with Gasteiger partial charge in [-0.3, -0.25) is 19.2 Å². The summed E-state index contributed by atoms with van der Waals surface area (Å²) in [6, 6.07) is 28.1. The molecule has 0 saturated heterocycles. The summed E-state index contributed by atoms with van der Waals surface area (Å²) in [6.45, 7) is 3.90. The molecule has 4 rings (SSSR count). The van der Waals surface area contributed by atoms with Gasteiger partial charge in [0, 0.05) is 31.3 Å². The maximum atomic E-state index is 14.0. The first kappa shape index (κ1) is 35.1. The van der Waals surface area contributed by atoms with Crippen LogP contribution in [0, 0.1) is 0 Å². The molecule has 0 aromatic heterocycles. The molecule has 0 spiro atoms. The lowest BCUT2D eigenvalue weighted by Crippen LogP contribution is -2.55. The number of rotatable bonds is 16. The molecule has 1 aliphatic heterocycles. The fourth-order valence-electron chi connectivity index (χ4n) is 5.75. The number of nitrogens with one attached hydrogen (secondary N) is 3. The first-order valence-electron chi connectivity index (χ1n) is 16.5. The van der Waals surface area contributed by atoms with Gasteiger partial charge in [0.2, 0.25) is 23.6 Å². The molecule has 9 heteroatoms. The number of amides is 4. The van der Waals surface area contributed by atoms with Crippen molar-refractivity contribution in [1.29, 1.82) is 0 Å². The van der Waals surface area contributed by atoms with Gasteiger partial charge in [-0.1, -0.05) is 111 Å². The van der Waals surface area contributed by atoms with E-state index >= 15 is 0 Å². The van der Waals surface area contributed by atoms with E-state index in [1.54, 1.807) is 31.3 Å².